The molecule has 0 spiro atoms. The van der Waals surface area contributed by atoms with Crippen molar-refractivity contribution >= 4 is 20.7 Å². The zero-order valence-electron chi connectivity index (χ0n) is 21.6. The van der Waals surface area contributed by atoms with Gasteiger partial charge in [0.25, 0.3) is 0 Å². The molecule has 0 saturated heterocycles. The van der Waals surface area contributed by atoms with Crippen molar-refractivity contribution in [2.45, 2.75) is 59.4 Å². The number of carbonyl (C=O) groups is 2. The van der Waals surface area contributed by atoms with Crippen molar-refractivity contribution in [2.24, 2.45) is 10.8 Å². The van der Waals surface area contributed by atoms with Crippen LogP contribution in [0, 0.1) is 10.8 Å². The van der Waals surface area contributed by atoms with Crippen LogP contribution in [0.4, 0.5) is 0 Å². The summed E-state index contributed by atoms with van der Waals surface area (Å²) >= 11 is 0. The first-order valence-electron chi connectivity index (χ1n) is 11.1. The Morgan fingerprint density at radius 1 is 0.968 bits per heavy atom. The van der Waals surface area contributed by atoms with Crippen molar-refractivity contribution in [1.82, 2.24) is 5.32 Å². The third-order valence-electron chi connectivity index (χ3n) is 5.80. The highest BCUT2D eigenvalue weighted by Gasteiger charge is 2.42. The van der Waals surface area contributed by atoms with Gasteiger partial charge in [-0.1, -0.05) is 20.8 Å². The van der Waals surface area contributed by atoms with Gasteiger partial charge in [-0.3, -0.25) is 9.59 Å². The summed E-state index contributed by atoms with van der Waals surface area (Å²) in [7, 11) is 8.42. The van der Waals surface area contributed by atoms with Gasteiger partial charge < -0.3 is 27.8 Å². The lowest BCUT2D eigenvalue weighted by Gasteiger charge is -2.34. The fourth-order valence-corrected chi connectivity index (χ4v) is 5.27. The van der Waals surface area contributed by atoms with Crippen molar-refractivity contribution in [3.63, 3.8) is 0 Å². The Hall–Kier alpha value is -1.00. The molecule has 0 fully saturated rings. The van der Waals surface area contributed by atoms with Crippen molar-refractivity contribution in [3.05, 3.63) is 0 Å². The smallest absolute Gasteiger partial charge is 0.465 e. The Bertz CT molecular complexity index is 552. The lowest BCUT2D eigenvalue weighted by Crippen LogP contribution is -2.44. The Balaban J connectivity index is 4.75. The van der Waals surface area contributed by atoms with Crippen LogP contribution in [0.25, 0.3) is 0 Å². The van der Waals surface area contributed by atoms with E-state index < -0.39 is 19.6 Å². The maximum absolute atomic E-state index is 12.9. The van der Waals surface area contributed by atoms with E-state index in [1.54, 1.807) is 21.3 Å². The van der Waals surface area contributed by atoms with Gasteiger partial charge in [0.15, 0.2) is 0 Å². The third kappa shape index (κ3) is 10.4. The number of nitrogens with zero attached hydrogens (tertiary/aromatic N) is 1. The van der Waals surface area contributed by atoms with Crippen molar-refractivity contribution in [2.75, 3.05) is 62.2 Å². The first kappa shape index (κ1) is 30.0. The van der Waals surface area contributed by atoms with Crippen LogP contribution in [0.5, 0.6) is 0 Å². The number of hydrogen-bond acceptors (Lipinski definition) is 6. The number of hydrogen-bond donors (Lipinski definition) is 1. The second-order valence-electron chi connectivity index (χ2n) is 10.1. The fraction of sp³-hybridized carbons (Fsp3) is 0.909. The molecule has 8 nitrogen and oxygen atoms in total. The van der Waals surface area contributed by atoms with Gasteiger partial charge in [-0.2, -0.15) is 0 Å². The van der Waals surface area contributed by atoms with Crippen LogP contribution in [0.2, 0.25) is 6.04 Å². The summed E-state index contributed by atoms with van der Waals surface area (Å²) in [5.74, 6) is -0.308. The average molecular weight is 464 g/mol. The second-order valence-corrected chi connectivity index (χ2v) is 13.2. The zero-order chi connectivity index (χ0) is 24.3. The molecule has 1 N–H and O–H groups in total. The molecule has 0 aliphatic heterocycles. The zero-order valence-corrected chi connectivity index (χ0v) is 22.6. The molecule has 0 aliphatic carbocycles. The van der Waals surface area contributed by atoms with Crippen molar-refractivity contribution in [1.29, 1.82) is 0 Å². The molecule has 0 aromatic carbocycles. The minimum Gasteiger partial charge on any atom is -0.465 e. The van der Waals surface area contributed by atoms with E-state index in [4.69, 9.17) is 18.0 Å². The van der Waals surface area contributed by atoms with Crippen molar-refractivity contribution < 1.29 is 32.1 Å². The van der Waals surface area contributed by atoms with E-state index in [1.165, 1.54) is 0 Å². The minimum atomic E-state index is -2.67. The Morgan fingerprint density at radius 2 is 1.52 bits per heavy atom. The molecule has 0 heterocycles. The quantitative estimate of drug-likeness (QED) is 0.164. The van der Waals surface area contributed by atoms with Gasteiger partial charge >= 0.3 is 14.8 Å². The van der Waals surface area contributed by atoms with Gasteiger partial charge in [-0.25, -0.2) is 0 Å². The predicted octanol–water partition coefficient (Wildman–Crippen LogP) is 2.84. The minimum absolute atomic E-state index is 0.0301. The molecule has 1 amide bonds. The number of carbonyl (C=O) groups excluding carboxylic acids is 2. The molecule has 0 aromatic heterocycles. The van der Waals surface area contributed by atoms with Gasteiger partial charge in [-0.15, -0.1) is 0 Å². The first-order valence-corrected chi connectivity index (χ1v) is 13.1. The van der Waals surface area contributed by atoms with E-state index in [2.05, 4.69) is 26.5 Å². The summed E-state index contributed by atoms with van der Waals surface area (Å²) in [6, 6.07) is 0.563. The summed E-state index contributed by atoms with van der Waals surface area (Å²) in [5, 5.41) is 3.03. The molecule has 9 heteroatoms. The molecular formula is C22H47N2O6Si+. The second kappa shape index (κ2) is 12.9. The summed E-state index contributed by atoms with van der Waals surface area (Å²) in [4.78, 5) is 25.6. The summed E-state index contributed by atoms with van der Waals surface area (Å²) in [5.41, 5.74) is -1.41. The Kier molecular flexibility index (Phi) is 12.5. The fourth-order valence-electron chi connectivity index (χ4n) is 3.58. The predicted molar refractivity (Wildman–Crippen MR) is 124 cm³/mol. The first-order chi connectivity index (χ1) is 14.2. The lowest BCUT2D eigenvalue weighted by molar-refractivity contribution is -0.870. The number of rotatable bonds is 16. The molecule has 0 rings (SSSR count). The van der Waals surface area contributed by atoms with E-state index in [9.17, 15) is 9.59 Å². The van der Waals surface area contributed by atoms with E-state index in [0.717, 1.165) is 17.4 Å². The highest BCUT2D eigenvalue weighted by molar-refractivity contribution is 6.60. The molecule has 1 atom stereocenters. The number of ether oxygens (including phenoxy) is 1. The van der Waals surface area contributed by atoms with E-state index in [-0.39, 0.29) is 18.5 Å². The molecule has 0 saturated carbocycles. The summed E-state index contributed by atoms with van der Waals surface area (Å²) in [6.07, 6.45) is 2.51. The molecule has 1 unspecified atom stereocenters. The average Bonchev–Trinajstić information content (AvgIpc) is 2.70. The van der Waals surface area contributed by atoms with Crippen LogP contribution in [0.3, 0.4) is 0 Å². The van der Waals surface area contributed by atoms with E-state index in [1.807, 2.05) is 27.7 Å². The van der Waals surface area contributed by atoms with Crippen LogP contribution in [-0.4, -0.2) is 87.3 Å². The van der Waals surface area contributed by atoms with Crippen LogP contribution < -0.4 is 5.32 Å². The lowest BCUT2D eigenvalue weighted by atomic mass is 9.72. The van der Waals surface area contributed by atoms with Crippen LogP contribution >= 0.6 is 0 Å². The normalized spacial score (nSPS) is 14.8. The van der Waals surface area contributed by atoms with Crippen LogP contribution in [0.15, 0.2) is 0 Å². The van der Waals surface area contributed by atoms with Gasteiger partial charge in [0.1, 0.15) is 0 Å². The molecule has 0 aliphatic rings. The molecular weight excluding hydrogens is 416 g/mol. The summed E-state index contributed by atoms with van der Waals surface area (Å²) in [6.45, 7) is 9.48. The highest BCUT2D eigenvalue weighted by atomic mass is 28.4. The monoisotopic (exact) mass is 463 g/mol. The number of nitrogens with one attached hydrogen (secondary N) is 1. The topological polar surface area (TPSA) is 83.1 Å². The highest BCUT2D eigenvalue weighted by Crippen LogP contribution is 2.38. The van der Waals surface area contributed by atoms with E-state index in [0.29, 0.717) is 31.9 Å². The molecule has 0 radical (unpaired) electrons. The summed E-state index contributed by atoms with van der Waals surface area (Å²) < 4.78 is 22.6. The van der Waals surface area contributed by atoms with Gasteiger partial charge in [0.05, 0.1) is 39.7 Å². The molecule has 0 bridgehead atoms. The largest absolute Gasteiger partial charge is 0.500 e. The Labute approximate surface area is 190 Å². The Morgan fingerprint density at radius 3 is 1.97 bits per heavy atom. The SMILES string of the molecule is CCC(C)(CC(C)(C)C(=O)NCCC[N+](C)(C)C)C(=O)OCCC[Si](OC)(OC)OC. The van der Waals surface area contributed by atoms with Gasteiger partial charge in [-0.05, 0) is 26.2 Å². The van der Waals surface area contributed by atoms with E-state index >= 15 is 0 Å². The molecule has 0 aromatic rings. The van der Waals surface area contributed by atoms with Crippen LogP contribution in [-0.2, 0) is 27.6 Å². The van der Waals surface area contributed by atoms with Gasteiger partial charge in [0.2, 0.25) is 5.91 Å². The maximum Gasteiger partial charge on any atom is 0.500 e. The van der Waals surface area contributed by atoms with Crippen molar-refractivity contribution in [3.8, 4) is 0 Å². The number of esters is 1. The van der Waals surface area contributed by atoms with Crippen LogP contribution in [0.1, 0.15) is 53.4 Å². The maximum atomic E-state index is 12.9. The number of quaternary nitrogens is 1. The molecule has 184 valence electrons. The standard InChI is InChI=1S/C22H46N2O6Si/c1-11-22(4,20(26)30-16-13-17-31(27-8,28-9)29-10)18-21(2,3)19(25)23-14-12-15-24(5,6)7/h11-18H2,1-10H3/p+1. The third-order valence-corrected chi connectivity index (χ3v) is 8.64. The molecule has 31 heavy (non-hydrogen) atoms. The number of amides is 1. The van der Waals surface area contributed by atoms with Gasteiger partial charge in [0, 0.05) is 45.8 Å².